The number of nitro benzene ring substituents is 1. The van der Waals surface area contributed by atoms with E-state index in [4.69, 9.17) is 0 Å². The van der Waals surface area contributed by atoms with Crippen LogP contribution in [0.4, 0.5) is 24.0 Å². The number of halogens is 3. The third kappa shape index (κ3) is 3.79. The maximum absolute atomic E-state index is 12.3. The van der Waals surface area contributed by atoms with Crippen molar-refractivity contribution in [2.45, 2.75) is 13.1 Å². The zero-order chi connectivity index (χ0) is 16.3. The molecule has 0 amide bonds. The van der Waals surface area contributed by atoms with E-state index in [0.717, 1.165) is 18.3 Å². The van der Waals surface area contributed by atoms with Crippen molar-refractivity contribution in [1.29, 1.82) is 0 Å². The summed E-state index contributed by atoms with van der Waals surface area (Å²) in [5.74, 6) is 0. The standard InChI is InChI=1S/C12H9F3N4O2S/c1-7(12(13,14)15)17-18-11-16-10(6-22-11)8-2-4-9(5-3-8)19(20)21/h2-6H,1H3,(H,16,18)/b17-7-. The fourth-order valence-electron chi connectivity index (χ4n) is 1.41. The van der Waals surface area contributed by atoms with Crippen LogP contribution in [0, 0.1) is 10.1 Å². The summed E-state index contributed by atoms with van der Waals surface area (Å²) in [5, 5.41) is 15.6. The second-order valence-corrected chi connectivity index (χ2v) is 5.01. The second-order valence-electron chi connectivity index (χ2n) is 4.15. The first-order valence-electron chi connectivity index (χ1n) is 5.85. The predicted octanol–water partition coefficient (Wildman–Crippen LogP) is 4.07. The van der Waals surface area contributed by atoms with E-state index in [1.807, 2.05) is 0 Å². The van der Waals surface area contributed by atoms with Crippen LogP contribution in [0.5, 0.6) is 0 Å². The van der Waals surface area contributed by atoms with Gasteiger partial charge in [-0.2, -0.15) is 18.3 Å². The zero-order valence-corrected chi connectivity index (χ0v) is 11.9. The first-order valence-corrected chi connectivity index (χ1v) is 6.73. The molecule has 0 saturated carbocycles. The van der Waals surface area contributed by atoms with Gasteiger partial charge < -0.3 is 0 Å². The number of nitro groups is 1. The number of benzene rings is 1. The number of non-ortho nitro benzene ring substituents is 1. The number of hydrogen-bond donors (Lipinski definition) is 1. The Bertz CT molecular complexity index is 710. The van der Waals surface area contributed by atoms with Gasteiger partial charge in [-0.1, -0.05) is 0 Å². The van der Waals surface area contributed by atoms with Crippen LogP contribution in [0.2, 0.25) is 0 Å². The highest BCUT2D eigenvalue weighted by molar-refractivity contribution is 7.14. The molecule has 1 N–H and O–H groups in total. The minimum absolute atomic E-state index is 0.0530. The van der Waals surface area contributed by atoms with Gasteiger partial charge in [-0.15, -0.1) is 11.3 Å². The molecule has 0 unspecified atom stereocenters. The van der Waals surface area contributed by atoms with Gasteiger partial charge in [0.15, 0.2) is 0 Å². The quantitative estimate of drug-likeness (QED) is 0.520. The monoisotopic (exact) mass is 330 g/mol. The topological polar surface area (TPSA) is 80.4 Å². The van der Waals surface area contributed by atoms with Gasteiger partial charge in [0.1, 0.15) is 5.71 Å². The maximum atomic E-state index is 12.3. The number of aromatic nitrogens is 1. The highest BCUT2D eigenvalue weighted by atomic mass is 32.1. The maximum Gasteiger partial charge on any atom is 0.430 e. The fourth-order valence-corrected chi connectivity index (χ4v) is 2.07. The third-order valence-corrected chi connectivity index (χ3v) is 3.35. The molecule has 0 bridgehead atoms. The first-order chi connectivity index (χ1) is 10.3. The molecule has 6 nitrogen and oxygen atoms in total. The van der Waals surface area contributed by atoms with E-state index in [1.54, 1.807) is 5.38 Å². The summed E-state index contributed by atoms with van der Waals surface area (Å²) in [6.45, 7) is 0.845. The summed E-state index contributed by atoms with van der Waals surface area (Å²) in [7, 11) is 0. The summed E-state index contributed by atoms with van der Waals surface area (Å²) in [6, 6.07) is 5.68. The Morgan fingerprint density at radius 1 is 1.36 bits per heavy atom. The molecule has 0 saturated heterocycles. The number of hydrogen-bond acceptors (Lipinski definition) is 6. The van der Waals surface area contributed by atoms with E-state index in [-0.39, 0.29) is 10.8 Å². The van der Waals surface area contributed by atoms with Crippen molar-refractivity contribution in [3.8, 4) is 11.3 Å². The summed E-state index contributed by atoms with van der Waals surface area (Å²) >= 11 is 1.08. The van der Waals surface area contributed by atoms with Crippen molar-refractivity contribution in [3.63, 3.8) is 0 Å². The highest BCUT2D eigenvalue weighted by Gasteiger charge is 2.32. The zero-order valence-electron chi connectivity index (χ0n) is 11.1. The van der Waals surface area contributed by atoms with Gasteiger partial charge >= 0.3 is 6.18 Å². The number of nitrogens with zero attached hydrogens (tertiary/aromatic N) is 3. The molecule has 0 atom stereocenters. The van der Waals surface area contributed by atoms with E-state index in [9.17, 15) is 23.3 Å². The molecule has 0 aliphatic rings. The molecule has 22 heavy (non-hydrogen) atoms. The molecule has 0 aliphatic heterocycles. The molecule has 0 fully saturated rings. The minimum Gasteiger partial charge on any atom is -0.258 e. The summed E-state index contributed by atoms with van der Waals surface area (Å²) in [5.41, 5.74) is 2.28. The highest BCUT2D eigenvalue weighted by Crippen LogP contribution is 2.26. The molecule has 0 aliphatic carbocycles. The lowest BCUT2D eigenvalue weighted by Gasteiger charge is -2.04. The number of hydrazone groups is 1. The van der Waals surface area contributed by atoms with Gasteiger partial charge in [0.2, 0.25) is 5.13 Å². The molecular weight excluding hydrogens is 321 g/mol. The summed E-state index contributed by atoms with van der Waals surface area (Å²) in [6.07, 6.45) is -4.49. The van der Waals surface area contributed by atoms with Crippen LogP contribution in [-0.4, -0.2) is 21.8 Å². The number of rotatable bonds is 4. The van der Waals surface area contributed by atoms with Crippen molar-refractivity contribution in [3.05, 3.63) is 39.8 Å². The molecule has 0 spiro atoms. The normalized spacial score (nSPS) is 12.3. The van der Waals surface area contributed by atoms with Crippen molar-refractivity contribution >= 4 is 27.9 Å². The predicted molar refractivity (Wildman–Crippen MR) is 77.0 cm³/mol. The van der Waals surface area contributed by atoms with Crippen LogP contribution < -0.4 is 5.43 Å². The Morgan fingerprint density at radius 3 is 2.55 bits per heavy atom. The fraction of sp³-hybridized carbons (Fsp3) is 0.167. The van der Waals surface area contributed by atoms with Crippen molar-refractivity contribution in [2.24, 2.45) is 5.10 Å². The molecular formula is C12H9F3N4O2S. The average Bonchev–Trinajstić information content (AvgIpc) is 2.92. The lowest BCUT2D eigenvalue weighted by Crippen LogP contribution is -2.20. The molecule has 1 aromatic heterocycles. The minimum atomic E-state index is -4.49. The molecule has 2 aromatic rings. The number of thiazole rings is 1. The second kappa shape index (κ2) is 6.10. The van der Waals surface area contributed by atoms with Gasteiger partial charge in [0.05, 0.1) is 10.6 Å². The third-order valence-electron chi connectivity index (χ3n) is 2.61. The van der Waals surface area contributed by atoms with E-state index in [2.05, 4.69) is 15.5 Å². The van der Waals surface area contributed by atoms with E-state index in [0.29, 0.717) is 11.3 Å². The van der Waals surface area contributed by atoms with Crippen LogP contribution in [0.25, 0.3) is 11.3 Å². The van der Waals surface area contributed by atoms with E-state index < -0.39 is 16.8 Å². The van der Waals surface area contributed by atoms with Gasteiger partial charge in [-0.25, -0.2) is 4.98 Å². The molecule has 10 heteroatoms. The largest absolute Gasteiger partial charge is 0.430 e. The Morgan fingerprint density at radius 2 is 2.00 bits per heavy atom. The lowest BCUT2D eigenvalue weighted by atomic mass is 10.1. The Balaban J connectivity index is 2.13. The number of anilines is 1. The molecule has 0 radical (unpaired) electrons. The molecule has 116 valence electrons. The Hall–Kier alpha value is -2.49. The van der Waals surface area contributed by atoms with Gasteiger partial charge in [-0.05, 0) is 19.1 Å². The van der Waals surface area contributed by atoms with Crippen LogP contribution in [-0.2, 0) is 0 Å². The van der Waals surface area contributed by atoms with Crippen molar-refractivity contribution in [1.82, 2.24) is 4.98 Å². The molecule has 2 rings (SSSR count). The van der Waals surface area contributed by atoms with E-state index in [1.165, 1.54) is 24.3 Å². The Labute approximate surface area is 126 Å². The SMILES string of the molecule is C/C(=N/Nc1nc(-c2ccc([N+](=O)[O-])cc2)cs1)C(F)(F)F. The summed E-state index contributed by atoms with van der Waals surface area (Å²) < 4.78 is 36.8. The van der Waals surface area contributed by atoms with Crippen molar-refractivity contribution < 1.29 is 18.1 Å². The molecule has 1 aromatic carbocycles. The van der Waals surface area contributed by atoms with Crippen molar-refractivity contribution in [2.75, 3.05) is 5.43 Å². The Kier molecular flexibility index (Phi) is 4.40. The first kappa shape index (κ1) is 15.9. The van der Waals surface area contributed by atoms with Crippen LogP contribution in [0.3, 0.4) is 0 Å². The van der Waals surface area contributed by atoms with Crippen LogP contribution in [0.15, 0.2) is 34.7 Å². The number of alkyl halides is 3. The number of nitrogens with one attached hydrogen (secondary N) is 1. The lowest BCUT2D eigenvalue weighted by molar-refractivity contribution is -0.384. The van der Waals surface area contributed by atoms with Gasteiger partial charge in [0, 0.05) is 23.1 Å². The average molecular weight is 330 g/mol. The summed E-state index contributed by atoms with van der Waals surface area (Å²) in [4.78, 5) is 14.1. The van der Waals surface area contributed by atoms with Crippen LogP contribution >= 0.6 is 11.3 Å². The van der Waals surface area contributed by atoms with Gasteiger partial charge in [-0.3, -0.25) is 15.5 Å². The van der Waals surface area contributed by atoms with Gasteiger partial charge in [0.25, 0.3) is 5.69 Å². The van der Waals surface area contributed by atoms with Crippen LogP contribution in [0.1, 0.15) is 6.92 Å². The van der Waals surface area contributed by atoms with E-state index >= 15 is 0 Å². The smallest absolute Gasteiger partial charge is 0.258 e. The molecule has 1 heterocycles.